The molecule has 1 aliphatic carbocycles. The third-order valence-electron chi connectivity index (χ3n) is 7.21. The molecule has 1 fully saturated rings. The molecule has 0 unspecified atom stereocenters. The van der Waals surface area contributed by atoms with Crippen molar-refractivity contribution in [2.75, 3.05) is 12.9 Å². The van der Waals surface area contributed by atoms with Gasteiger partial charge in [-0.05, 0) is 66.3 Å². The summed E-state index contributed by atoms with van der Waals surface area (Å²) in [4.78, 5) is 24.4. The lowest BCUT2D eigenvalue weighted by Gasteiger charge is -2.22. The zero-order chi connectivity index (χ0) is 28.4. The minimum atomic E-state index is -0.412. The highest BCUT2D eigenvalue weighted by Gasteiger charge is 2.18. The van der Waals surface area contributed by atoms with Gasteiger partial charge < -0.3 is 14.8 Å². The van der Waals surface area contributed by atoms with Crippen LogP contribution < -0.4 is 10.1 Å². The number of para-hydroxylation sites is 1. The highest BCUT2D eigenvalue weighted by molar-refractivity contribution is 7.99. The third kappa shape index (κ3) is 7.55. The Morgan fingerprint density at radius 1 is 0.951 bits per heavy atom. The molecule has 0 bridgehead atoms. The SMILES string of the molecule is COC(=O)c1cccc(CNC(=O)CSc2nnc(COc3ccc(C4CCCCC4)cc3)n2-c2ccccc2)c1. The second-order valence-electron chi connectivity index (χ2n) is 10.0. The Kier molecular flexibility index (Phi) is 9.69. The van der Waals surface area contributed by atoms with Crippen molar-refractivity contribution in [1.82, 2.24) is 20.1 Å². The normalized spacial score (nSPS) is 13.5. The number of esters is 1. The summed E-state index contributed by atoms with van der Waals surface area (Å²) in [6.45, 7) is 0.544. The molecule has 5 rings (SSSR count). The Morgan fingerprint density at radius 3 is 2.49 bits per heavy atom. The molecule has 9 heteroatoms. The Morgan fingerprint density at radius 2 is 1.73 bits per heavy atom. The van der Waals surface area contributed by atoms with Gasteiger partial charge >= 0.3 is 5.97 Å². The van der Waals surface area contributed by atoms with Crippen molar-refractivity contribution in [3.8, 4) is 11.4 Å². The topological polar surface area (TPSA) is 95.3 Å². The number of hydrogen-bond donors (Lipinski definition) is 1. The van der Waals surface area contributed by atoms with Crippen molar-refractivity contribution >= 4 is 23.6 Å². The van der Waals surface area contributed by atoms with Crippen LogP contribution in [0.3, 0.4) is 0 Å². The second-order valence-corrected chi connectivity index (χ2v) is 11.0. The fourth-order valence-electron chi connectivity index (χ4n) is 5.05. The van der Waals surface area contributed by atoms with Gasteiger partial charge in [0.2, 0.25) is 5.91 Å². The van der Waals surface area contributed by atoms with E-state index >= 15 is 0 Å². The molecule has 1 aromatic heterocycles. The average Bonchev–Trinajstić information content (AvgIpc) is 3.45. The lowest BCUT2D eigenvalue weighted by molar-refractivity contribution is -0.118. The molecule has 41 heavy (non-hydrogen) atoms. The highest BCUT2D eigenvalue weighted by Crippen LogP contribution is 2.33. The van der Waals surface area contributed by atoms with Crippen molar-refractivity contribution in [3.05, 3.63) is 101 Å². The molecule has 1 heterocycles. The van der Waals surface area contributed by atoms with Crippen LogP contribution in [0.5, 0.6) is 5.75 Å². The monoisotopic (exact) mass is 570 g/mol. The molecule has 0 saturated heterocycles. The fraction of sp³-hybridized carbons (Fsp3) is 0.312. The first-order valence-electron chi connectivity index (χ1n) is 13.9. The zero-order valence-electron chi connectivity index (χ0n) is 23.1. The van der Waals surface area contributed by atoms with Gasteiger partial charge in [0.25, 0.3) is 0 Å². The van der Waals surface area contributed by atoms with Crippen LogP contribution >= 0.6 is 11.8 Å². The van der Waals surface area contributed by atoms with Gasteiger partial charge in [-0.2, -0.15) is 0 Å². The van der Waals surface area contributed by atoms with Crippen molar-refractivity contribution in [2.45, 2.75) is 56.3 Å². The van der Waals surface area contributed by atoms with Crippen LogP contribution in [0.15, 0.2) is 84.0 Å². The molecule has 8 nitrogen and oxygen atoms in total. The minimum Gasteiger partial charge on any atom is -0.486 e. The van der Waals surface area contributed by atoms with Crippen molar-refractivity contribution in [1.29, 1.82) is 0 Å². The number of carbonyl (C=O) groups excluding carboxylic acids is 2. The molecular weight excluding hydrogens is 536 g/mol. The Bertz CT molecular complexity index is 1450. The smallest absolute Gasteiger partial charge is 0.337 e. The largest absolute Gasteiger partial charge is 0.486 e. The summed E-state index contributed by atoms with van der Waals surface area (Å²) in [7, 11) is 1.34. The van der Waals surface area contributed by atoms with Gasteiger partial charge in [-0.15, -0.1) is 10.2 Å². The molecule has 1 aliphatic rings. The van der Waals surface area contributed by atoms with E-state index in [-0.39, 0.29) is 18.3 Å². The Labute approximate surface area is 244 Å². The predicted molar refractivity (Wildman–Crippen MR) is 158 cm³/mol. The maximum absolute atomic E-state index is 12.7. The van der Waals surface area contributed by atoms with Crippen LogP contribution in [0.2, 0.25) is 0 Å². The van der Waals surface area contributed by atoms with E-state index in [1.54, 1.807) is 18.2 Å². The van der Waals surface area contributed by atoms with E-state index in [9.17, 15) is 9.59 Å². The molecular formula is C32H34N4O4S. The maximum Gasteiger partial charge on any atom is 0.337 e. The molecule has 3 aromatic carbocycles. The molecule has 1 amide bonds. The van der Waals surface area contributed by atoms with Crippen LogP contribution in [0.4, 0.5) is 0 Å². The summed E-state index contributed by atoms with van der Waals surface area (Å²) < 4.78 is 12.8. The van der Waals surface area contributed by atoms with Gasteiger partial charge in [-0.25, -0.2) is 4.79 Å². The fourth-order valence-corrected chi connectivity index (χ4v) is 5.85. The van der Waals surface area contributed by atoms with E-state index < -0.39 is 5.97 Å². The molecule has 4 aromatic rings. The summed E-state index contributed by atoms with van der Waals surface area (Å²) >= 11 is 1.30. The molecule has 0 radical (unpaired) electrons. The zero-order valence-corrected chi connectivity index (χ0v) is 23.9. The van der Waals surface area contributed by atoms with Gasteiger partial charge in [0.15, 0.2) is 11.0 Å². The Balaban J connectivity index is 1.21. The van der Waals surface area contributed by atoms with Crippen LogP contribution in [0.25, 0.3) is 5.69 Å². The number of nitrogens with one attached hydrogen (secondary N) is 1. The number of ether oxygens (including phenoxy) is 2. The van der Waals surface area contributed by atoms with Crippen molar-refractivity contribution in [3.63, 3.8) is 0 Å². The first-order valence-corrected chi connectivity index (χ1v) is 14.9. The van der Waals surface area contributed by atoms with Gasteiger partial charge in [-0.3, -0.25) is 9.36 Å². The molecule has 0 aliphatic heterocycles. The van der Waals surface area contributed by atoms with Gasteiger partial charge in [0.05, 0.1) is 18.4 Å². The predicted octanol–water partition coefficient (Wildman–Crippen LogP) is 6.09. The van der Waals surface area contributed by atoms with E-state index in [0.29, 0.717) is 29.0 Å². The third-order valence-corrected chi connectivity index (χ3v) is 8.14. The number of nitrogens with zero attached hydrogens (tertiary/aromatic N) is 3. The molecule has 1 N–H and O–H groups in total. The van der Waals surface area contributed by atoms with Crippen molar-refractivity contribution < 1.29 is 19.1 Å². The van der Waals surface area contributed by atoms with E-state index in [1.807, 2.05) is 53.1 Å². The number of aromatic nitrogens is 3. The highest BCUT2D eigenvalue weighted by atomic mass is 32.2. The van der Waals surface area contributed by atoms with Gasteiger partial charge in [0.1, 0.15) is 12.4 Å². The lowest BCUT2D eigenvalue weighted by Crippen LogP contribution is -2.25. The summed E-state index contributed by atoms with van der Waals surface area (Å²) in [5.41, 5.74) is 3.54. The molecule has 0 spiro atoms. The average molecular weight is 571 g/mol. The maximum atomic E-state index is 12.7. The quantitative estimate of drug-likeness (QED) is 0.172. The number of hydrogen-bond acceptors (Lipinski definition) is 7. The van der Waals surface area contributed by atoms with E-state index in [2.05, 4.69) is 27.6 Å². The molecule has 1 saturated carbocycles. The van der Waals surface area contributed by atoms with Gasteiger partial charge in [-0.1, -0.05) is 73.5 Å². The summed E-state index contributed by atoms with van der Waals surface area (Å²) in [6, 6.07) is 25.2. The summed E-state index contributed by atoms with van der Waals surface area (Å²) in [6.07, 6.45) is 6.50. The number of thioether (sulfide) groups is 1. The number of methoxy groups -OCH3 is 1. The first-order chi connectivity index (χ1) is 20.1. The number of rotatable bonds is 11. The van der Waals surface area contributed by atoms with Crippen LogP contribution in [-0.4, -0.2) is 39.5 Å². The number of carbonyl (C=O) groups is 2. The second kappa shape index (κ2) is 14.0. The summed E-state index contributed by atoms with van der Waals surface area (Å²) in [5, 5.41) is 12.3. The summed E-state index contributed by atoms with van der Waals surface area (Å²) in [5.74, 6) is 1.68. The first kappa shape index (κ1) is 28.4. The number of benzene rings is 3. The minimum absolute atomic E-state index is 0.156. The molecule has 0 atom stereocenters. The van der Waals surface area contributed by atoms with Crippen LogP contribution in [0, 0.1) is 0 Å². The number of amides is 1. The van der Waals surface area contributed by atoms with Crippen LogP contribution in [-0.2, 0) is 22.7 Å². The van der Waals surface area contributed by atoms with E-state index in [4.69, 9.17) is 9.47 Å². The van der Waals surface area contributed by atoms with E-state index in [0.717, 1.165) is 17.0 Å². The Hall–Kier alpha value is -4.11. The molecule has 212 valence electrons. The van der Waals surface area contributed by atoms with E-state index in [1.165, 1.54) is 56.5 Å². The van der Waals surface area contributed by atoms with Gasteiger partial charge in [0, 0.05) is 12.2 Å². The lowest BCUT2D eigenvalue weighted by atomic mass is 9.84. The van der Waals surface area contributed by atoms with Crippen molar-refractivity contribution in [2.24, 2.45) is 0 Å². The standard InChI is InChI=1S/C32H34N4O4S/c1-39-31(38)26-12-8-9-23(19-26)20-33-30(37)22-41-32-35-34-29(36(32)27-13-6-3-7-14-27)21-40-28-17-15-25(16-18-28)24-10-4-2-5-11-24/h3,6-9,12-19,24H,2,4-5,10-11,20-22H2,1H3,(H,33,37). The van der Waals surface area contributed by atoms with Crippen LogP contribution in [0.1, 0.15) is 65.3 Å².